The topological polar surface area (TPSA) is 67.4 Å². The average molecular weight is 376 g/mol. The van der Waals surface area contributed by atoms with Crippen LogP contribution < -0.4 is 15.4 Å². The van der Waals surface area contributed by atoms with E-state index < -0.39 is 5.25 Å². The molecule has 0 aliphatic carbocycles. The number of hydrogen-bond acceptors (Lipinski definition) is 4. The summed E-state index contributed by atoms with van der Waals surface area (Å²) in [6.07, 6.45) is 0. The van der Waals surface area contributed by atoms with E-state index in [1.54, 1.807) is 19.1 Å². The van der Waals surface area contributed by atoms with Gasteiger partial charge in [-0.1, -0.05) is 12.1 Å². The first-order chi connectivity index (χ1) is 12.5. The largest absolute Gasteiger partial charge is 0.492 e. The molecule has 0 unspecified atom stereocenters. The van der Waals surface area contributed by atoms with E-state index >= 15 is 0 Å². The number of thioether (sulfide) groups is 1. The standard InChI is InChI=1S/C19H21FN2O3S/c1-3-25-17-7-5-4-6-16(17)22-18(23)12-26-13(2)19(24)21-15-10-8-14(20)9-11-15/h4-11,13H,3,12H2,1-2H3,(H,21,24)(H,22,23)/t13-/m1/s1. The highest BCUT2D eigenvalue weighted by molar-refractivity contribution is 8.01. The van der Waals surface area contributed by atoms with Crippen LogP contribution in [-0.4, -0.2) is 29.4 Å². The Morgan fingerprint density at radius 1 is 1.12 bits per heavy atom. The minimum absolute atomic E-state index is 0.123. The van der Waals surface area contributed by atoms with Crippen LogP contribution in [0.3, 0.4) is 0 Å². The van der Waals surface area contributed by atoms with Crippen molar-refractivity contribution in [3.8, 4) is 5.75 Å². The Labute approximate surface area is 156 Å². The minimum atomic E-state index is -0.437. The molecule has 0 aromatic heterocycles. The smallest absolute Gasteiger partial charge is 0.237 e. The number of nitrogens with one attached hydrogen (secondary N) is 2. The van der Waals surface area contributed by atoms with Crippen LogP contribution in [0.2, 0.25) is 0 Å². The molecule has 0 saturated carbocycles. The van der Waals surface area contributed by atoms with Crippen molar-refractivity contribution in [2.75, 3.05) is 23.0 Å². The highest BCUT2D eigenvalue weighted by Gasteiger charge is 2.16. The molecule has 0 spiro atoms. The van der Waals surface area contributed by atoms with Gasteiger partial charge in [0, 0.05) is 5.69 Å². The summed E-state index contributed by atoms with van der Waals surface area (Å²) in [6, 6.07) is 12.7. The zero-order valence-electron chi connectivity index (χ0n) is 14.6. The van der Waals surface area contributed by atoms with Crippen molar-refractivity contribution in [3.63, 3.8) is 0 Å². The molecule has 0 heterocycles. The first-order valence-corrected chi connectivity index (χ1v) is 9.24. The summed E-state index contributed by atoms with van der Waals surface area (Å²) in [5.74, 6) is -0.101. The number of rotatable bonds is 8. The van der Waals surface area contributed by atoms with Crippen molar-refractivity contribution in [3.05, 3.63) is 54.3 Å². The summed E-state index contributed by atoms with van der Waals surface area (Å²) in [5.41, 5.74) is 1.11. The lowest BCUT2D eigenvalue weighted by Gasteiger charge is -2.13. The van der Waals surface area contributed by atoms with E-state index in [1.807, 2.05) is 19.1 Å². The Hall–Kier alpha value is -2.54. The molecule has 26 heavy (non-hydrogen) atoms. The number of hydrogen-bond donors (Lipinski definition) is 2. The second-order valence-corrected chi connectivity index (χ2v) is 6.76. The van der Waals surface area contributed by atoms with E-state index in [4.69, 9.17) is 4.74 Å². The van der Waals surface area contributed by atoms with Gasteiger partial charge in [-0.15, -0.1) is 11.8 Å². The summed E-state index contributed by atoms with van der Waals surface area (Å²) in [5, 5.41) is 5.04. The lowest BCUT2D eigenvalue weighted by molar-refractivity contribution is -0.115. The van der Waals surface area contributed by atoms with Crippen molar-refractivity contribution in [1.82, 2.24) is 0 Å². The van der Waals surface area contributed by atoms with Gasteiger partial charge < -0.3 is 15.4 Å². The molecular weight excluding hydrogens is 355 g/mol. The second-order valence-electron chi connectivity index (χ2n) is 5.43. The number of benzene rings is 2. The van der Waals surface area contributed by atoms with Gasteiger partial charge in [0.25, 0.3) is 0 Å². The van der Waals surface area contributed by atoms with Crippen LogP contribution >= 0.6 is 11.8 Å². The Bertz CT molecular complexity index is 753. The maximum absolute atomic E-state index is 12.9. The fraction of sp³-hybridized carbons (Fsp3) is 0.263. The van der Waals surface area contributed by atoms with Crippen LogP contribution in [0, 0.1) is 5.82 Å². The van der Waals surface area contributed by atoms with Crippen molar-refractivity contribution in [1.29, 1.82) is 0 Å². The van der Waals surface area contributed by atoms with E-state index in [0.717, 1.165) is 0 Å². The zero-order valence-corrected chi connectivity index (χ0v) is 15.4. The number of ether oxygens (including phenoxy) is 1. The molecule has 2 N–H and O–H groups in total. The molecule has 0 fully saturated rings. The normalized spacial score (nSPS) is 11.5. The first-order valence-electron chi connectivity index (χ1n) is 8.19. The Morgan fingerprint density at radius 2 is 1.81 bits per heavy atom. The van der Waals surface area contributed by atoms with Gasteiger partial charge in [-0.25, -0.2) is 4.39 Å². The molecule has 2 aromatic rings. The van der Waals surface area contributed by atoms with Gasteiger partial charge in [-0.2, -0.15) is 0 Å². The quantitative estimate of drug-likeness (QED) is 0.733. The van der Waals surface area contributed by atoms with E-state index in [2.05, 4.69) is 10.6 Å². The third-order valence-corrected chi connectivity index (χ3v) is 4.55. The van der Waals surface area contributed by atoms with Gasteiger partial charge in [0.05, 0.1) is 23.3 Å². The lowest BCUT2D eigenvalue weighted by Crippen LogP contribution is -2.25. The van der Waals surface area contributed by atoms with E-state index in [9.17, 15) is 14.0 Å². The molecule has 0 bridgehead atoms. The number of amides is 2. The van der Waals surface area contributed by atoms with Crippen LogP contribution in [0.5, 0.6) is 5.75 Å². The van der Waals surface area contributed by atoms with Crippen LogP contribution in [-0.2, 0) is 9.59 Å². The Kier molecular flexibility index (Phi) is 7.47. The van der Waals surface area contributed by atoms with Crippen molar-refractivity contribution >= 4 is 35.0 Å². The van der Waals surface area contributed by atoms with Crippen LogP contribution in [0.15, 0.2) is 48.5 Å². The summed E-state index contributed by atoms with van der Waals surface area (Å²) >= 11 is 1.21. The van der Waals surface area contributed by atoms with Crippen molar-refractivity contribution in [2.45, 2.75) is 19.1 Å². The summed E-state index contributed by atoms with van der Waals surface area (Å²) in [6.45, 7) is 4.09. The fourth-order valence-electron chi connectivity index (χ4n) is 2.09. The van der Waals surface area contributed by atoms with Gasteiger partial charge in [-0.05, 0) is 50.2 Å². The van der Waals surface area contributed by atoms with Gasteiger partial charge in [-0.3, -0.25) is 9.59 Å². The number of anilines is 2. The number of para-hydroxylation sites is 2. The maximum atomic E-state index is 12.9. The van der Waals surface area contributed by atoms with Crippen LogP contribution in [0.25, 0.3) is 0 Å². The first kappa shape index (κ1) is 19.8. The molecule has 2 rings (SSSR count). The van der Waals surface area contributed by atoms with E-state index in [-0.39, 0.29) is 23.4 Å². The SMILES string of the molecule is CCOc1ccccc1NC(=O)CS[C@H](C)C(=O)Nc1ccc(F)cc1. The van der Waals surface area contributed by atoms with Gasteiger partial charge in [0.1, 0.15) is 11.6 Å². The Morgan fingerprint density at radius 3 is 2.50 bits per heavy atom. The summed E-state index contributed by atoms with van der Waals surface area (Å²) in [4.78, 5) is 24.3. The van der Waals surface area contributed by atoms with Crippen molar-refractivity contribution in [2.24, 2.45) is 0 Å². The maximum Gasteiger partial charge on any atom is 0.237 e. The van der Waals surface area contributed by atoms with E-state index in [0.29, 0.717) is 23.7 Å². The monoisotopic (exact) mass is 376 g/mol. The van der Waals surface area contributed by atoms with Gasteiger partial charge in [0.2, 0.25) is 11.8 Å². The molecular formula is C19H21FN2O3S. The number of carbonyl (C=O) groups is 2. The third kappa shape index (κ3) is 6.07. The molecule has 2 amide bonds. The predicted octanol–water partition coefficient (Wildman–Crippen LogP) is 3.92. The fourth-order valence-corrected chi connectivity index (χ4v) is 2.77. The molecule has 1 atom stereocenters. The lowest BCUT2D eigenvalue weighted by atomic mass is 10.3. The number of carbonyl (C=O) groups excluding carboxylic acids is 2. The summed E-state index contributed by atoms with van der Waals surface area (Å²) < 4.78 is 18.3. The van der Waals surface area contributed by atoms with Crippen molar-refractivity contribution < 1.29 is 18.7 Å². The molecule has 0 radical (unpaired) electrons. The number of halogens is 1. The highest BCUT2D eigenvalue weighted by Crippen LogP contribution is 2.24. The molecule has 0 aliphatic rings. The molecule has 0 saturated heterocycles. The molecule has 0 aliphatic heterocycles. The van der Waals surface area contributed by atoms with Crippen LogP contribution in [0.4, 0.5) is 15.8 Å². The van der Waals surface area contributed by atoms with Gasteiger partial charge in [0.15, 0.2) is 0 Å². The minimum Gasteiger partial charge on any atom is -0.492 e. The molecule has 7 heteroatoms. The van der Waals surface area contributed by atoms with Crippen LogP contribution in [0.1, 0.15) is 13.8 Å². The third-order valence-electron chi connectivity index (χ3n) is 3.41. The Balaban J connectivity index is 1.82. The highest BCUT2D eigenvalue weighted by atomic mass is 32.2. The van der Waals surface area contributed by atoms with Gasteiger partial charge >= 0.3 is 0 Å². The molecule has 5 nitrogen and oxygen atoms in total. The zero-order chi connectivity index (χ0) is 18.9. The summed E-state index contributed by atoms with van der Waals surface area (Å²) in [7, 11) is 0. The van der Waals surface area contributed by atoms with E-state index in [1.165, 1.54) is 36.0 Å². The molecule has 138 valence electrons. The second kappa shape index (κ2) is 9.82. The molecule has 2 aromatic carbocycles. The average Bonchev–Trinajstić information content (AvgIpc) is 2.63. The predicted molar refractivity (Wildman–Crippen MR) is 103 cm³/mol.